The highest BCUT2D eigenvalue weighted by Crippen LogP contribution is 2.23. The second kappa shape index (κ2) is 5.42. The average molecular weight is 265 g/mol. The second-order valence-corrected chi connectivity index (χ2v) is 5.09. The Morgan fingerprint density at radius 3 is 2.89 bits per heavy atom. The summed E-state index contributed by atoms with van der Waals surface area (Å²) >= 11 is 0. The van der Waals surface area contributed by atoms with Crippen LogP contribution in [0.3, 0.4) is 0 Å². The lowest BCUT2D eigenvalue weighted by molar-refractivity contribution is -0.121. The largest absolute Gasteiger partial charge is 0.360 e. The molecule has 1 aliphatic heterocycles. The van der Waals surface area contributed by atoms with Crippen LogP contribution >= 0.6 is 0 Å². The van der Waals surface area contributed by atoms with Gasteiger partial charge in [-0.1, -0.05) is 19.0 Å². The fraction of sp³-hybridized carbons (Fsp3) is 0.615. The van der Waals surface area contributed by atoms with E-state index >= 15 is 0 Å². The molecule has 0 spiro atoms. The van der Waals surface area contributed by atoms with Gasteiger partial charge in [-0.25, -0.2) is 0 Å². The molecule has 0 atom stereocenters. The Labute approximate surface area is 112 Å². The molecule has 2 rings (SSSR count). The summed E-state index contributed by atoms with van der Waals surface area (Å²) in [6.07, 6.45) is 0.763. The molecule has 2 amide bonds. The monoisotopic (exact) mass is 265 g/mol. The summed E-state index contributed by atoms with van der Waals surface area (Å²) in [4.78, 5) is 25.6. The smallest absolute Gasteiger partial charge is 0.259 e. The van der Waals surface area contributed by atoms with E-state index in [4.69, 9.17) is 4.52 Å². The number of carbonyl (C=O) groups excluding carboxylic acids is 2. The van der Waals surface area contributed by atoms with Crippen LogP contribution in [0.15, 0.2) is 4.52 Å². The van der Waals surface area contributed by atoms with E-state index in [1.165, 1.54) is 0 Å². The second-order valence-electron chi connectivity index (χ2n) is 5.09. The number of amides is 2. The summed E-state index contributed by atoms with van der Waals surface area (Å²) in [5, 5.41) is 6.63. The SMILES string of the molecule is Cc1noc(C(C)C)c1C(=O)N1CCCNC(=O)C1. The Morgan fingerprint density at radius 1 is 1.47 bits per heavy atom. The Hall–Kier alpha value is -1.85. The molecule has 1 fully saturated rings. The summed E-state index contributed by atoms with van der Waals surface area (Å²) in [6, 6.07) is 0. The van der Waals surface area contributed by atoms with E-state index in [1.54, 1.807) is 11.8 Å². The molecule has 1 aromatic rings. The number of carbonyl (C=O) groups is 2. The Morgan fingerprint density at radius 2 is 2.21 bits per heavy atom. The van der Waals surface area contributed by atoms with Gasteiger partial charge in [0.1, 0.15) is 5.56 Å². The van der Waals surface area contributed by atoms with Crippen LogP contribution in [0.4, 0.5) is 0 Å². The van der Waals surface area contributed by atoms with Gasteiger partial charge in [-0.05, 0) is 13.3 Å². The lowest BCUT2D eigenvalue weighted by Gasteiger charge is -2.19. The van der Waals surface area contributed by atoms with Gasteiger partial charge in [0.2, 0.25) is 5.91 Å². The first-order chi connectivity index (χ1) is 9.00. The lowest BCUT2D eigenvalue weighted by atomic mass is 10.0. The molecule has 1 N–H and O–H groups in total. The van der Waals surface area contributed by atoms with Gasteiger partial charge >= 0.3 is 0 Å². The minimum Gasteiger partial charge on any atom is -0.360 e. The van der Waals surface area contributed by atoms with Crippen molar-refractivity contribution in [3.63, 3.8) is 0 Å². The summed E-state index contributed by atoms with van der Waals surface area (Å²) in [5.74, 6) is 0.388. The predicted octanol–water partition coefficient (Wildman–Crippen LogP) is 1.07. The van der Waals surface area contributed by atoms with Crippen molar-refractivity contribution in [2.45, 2.75) is 33.1 Å². The van der Waals surface area contributed by atoms with E-state index in [0.29, 0.717) is 30.1 Å². The zero-order valence-corrected chi connectivity index (χ0v) is 11.5. The first kappa shape index (κ1) is 13.6. The van der Waals surface area contributed by atoms with E-state index in [2.05, 4.69) is 10.5 Å². The third-order valence-corrected chi connectivity index (χ3v) is 3.18. The average Bonchev–Trinajstić information content (AvgIpc) is 2.60. The summed E-state index contributed by atoms with van der Waals surface area (Å²) in [5.41, 5.74) is 1.09. The summed E-state index contributed by atoms with van der Waals surface area (Å²) in [6.45, 7) is 6.93. The van der Waals surface area contributed by atoms with Crippen LogP contribution in [-0.4, -0.2) is 41.5 Å². The number of hydrogen-bond acceptors (Lipinski definition) is 4. The van der Waals surface area contributed by atoms with Crippen molar-refractivity contribution in [3.8, 4) is 0 Å². The molecule has 104 valence electrons. The van der Waals surface area contributed by atoms with Crippen molar-refractivity contribution >= 4 is 11.8 Å². The zero-order chi connectivity index (χ0) is 14.0. The van der Waals surface area contributed by atoms with Crippen LogP contribution in [0, 0.1) is 6.92 Å². The molecule has 6 nitrogen and oxygen atoms in total. The lowest BCUT2D eigenvalue weighted by Crippen LogP contribution is -2.37. The maximum absolute atomic E-state index is 12.6. The third kappa shape index (κ3) is 2.77. The summed E-state index contributed by atoms with van der Waals surface area (Å²) in [7, 11) is 0. The van der Waals surface area contributed by atoms with Gasteiger partial charge in [-0.3, -0.25) is 9.59 Å². The van der Waals surface area contributed by atoms with Gasteiger partial charge in [0, 0.05) is 19.0 Å². The molecular weight excluding hydrogens is 246 g/mol. The normalized spacial score (nSPS) is 16.4. The number of nitrogens with zero attached hydrogens (tertiary/aromatic N) is 2. The zero-order valence-electron chi connectivity index (χ0n) is 11.5. The van der Waals surface area contributed by atoms with Crippen LogP contribution < -0.4 is 5.32 Å². The van der Waals surface area contributed by atoms with Crippen molar-refractivity contribution < 1.29 is 14.1 Å². The molecule has 6 heteroatoms. The van der Waals surface area contributed by atoms with E-state index in [9.17, 15) is 9.59 Å². The van der Waals surface area contributed by atoms with Crippen molar-refractivity contribution in [2.75, 3.05) is 19.6 Å². The van der Waals surface area contributed by atoms with E-state index < -0.39 is 0 Å². The molecule has 1 aromatic heterocycles. The molecule has 1 aliphatic rings. The van der Waals surface area contributed by atoms with Crippen molar-refractivity contribution in [3.05, 3.63) is 17.0 Å². The van der Waals surface area contributed by atoms with Gasteiger partial charge in [0.05, 0.1) is 12.2 Å². The molecule has 2 heterocycles. The molecular formula is C13H19N3O3. The summed E-state index contributed by atoms with van der Waals surface area (Å²) < 4.78 is 5.23. The minimum atomic E-state index is -0.167. The predicted molar refractivity (Wildman–Crippen MR) is 68.9 cm³/mol. The maximum Gasteiger partial charge on any atom is 0.259 e. The molecule has 19 heavy (non-hydrogen) atoms. The molecule has 0 bridgehead atoms. The van der Waals surface area contributed by atoms with Crippen molar-refractivity contribution in [1.29, 1.82) is 0 Å². The maximum atomic E-state index is 12.6. The molecule has 0 saturated carbocycles. The fourth-order valence-corrected chi connectivity index (χ4v) is 2.18. The number of hydrogen-bond donors (Lipinski definition) is 1. The topological polar surface area (TPSA) is 75.4 Å². The molecule has 0 radical (unpaired) electrons. The highest BCUT2D eigenvalue weighted by Gasteiger charge is 2.28. The van der Waals surface area contributed by atoms with Crippen LogP contribution in [0.5, 0.6) is 0 Å². The minimum absolute atomic E-state index is 0.0842. The number of rotatable bonds is 2. The Bertz CT molecular complexity index is 493. The quantitative estimate of drug-likeness (QED) is 0.867. The first-order valence-corrected chi connectivity index (χ1v) is 6.53. The van der Waals surface area contributed by atoms with E-state index in [0.717, 1.165) is 6.42 Å². The third-order valence-electron chi connectivity index (χ3n) is 3.18. The van der Waals surface area contributed by atoms with Gasteiger partial charge in [-0.15, -0.1) is 0 Å². The van der Waals surface area contributed by atoms with Crippen LogP contribution in [0.1, 0.15) is 48.0 Å². The van der Waals surface area contributed by atoms with E-state index in [-0.39, 0.29) is 24.3 Å². The number of aryl methyl sites for hydroxylation is 1. The first-order valence-electron chi connectivity index (χ1n) is 6.53. The Balaban J connectivity index is 2.28. The fourth-order valence-electron chi connectivity index (χ4n) is 2.18. The number of nitrogens with one attached hydrogen (secondary N) is 1. The molecule has 0 aromatic carbocycles. The Kier molecular flexibility index (Phi) is 3.87. The molecule has 0 aliphatic carbocycles. The highest BCUT2D eigenvalue weighted by molar-refractivity contribution is 5.98. The van der Waals surface area contributed by atoms with Gasteiger partial charge in [0.15, 0.2) is 5.76 Å². The van der Waals surface area contributed by atoms with Crippen molar-refractivity contribution in [2.24, 2.45) is 0 Å². The van der Waals surface area contributed by atoms with Crippen LogP contribution in [0.2, 0.25) is 0 Å². The molecule has 1 saturated heterocycles. The van der Waals surface area contributed by atoms with Crippen LogP contribution in [-0.2, 0) is 4.79 Å². The van der Waals surface area contributed by atoms with Gasteiger partial charge in [-0.2, -0.15) is 0 Å². The standard InChI is InChI=1S/C13H19N3O3/c1-8(2)12-11(9(3)15-19-12)13(18)16-6-4-5-14-10(17)7-16/h8H,4-7H2,1-3H3,(H,14,17). The van der Waals surface area contributed by atoms with Crippen LogP contribution in [0.25, 0.3) is 0 Å². The van der Waals surface area contributed by atoms with E-state index in [1.807, 2.05) is 13.8 Å². The highest BCUT2D eigenvalue weighted by atomic mass is 16.5. The van der Waals surface area contributed by atoms with Crippen molar-refractivity contribution in [1.82, 2.24) is 15.4 Å². The molecule has 0 unspecified atom stereocenters. The van der Waals surface area contributed by atoms with Gasteiger partial charge < -0.3 is 14.7 Å². The number of aromatic nitrogens is 1. The van der Waals surface area contributed by atoms with Gasteiger partial charge in [0.25, 0.3) is 5.91 Å².